The first kappa shape index (κ1) is 19.4. The highest BCUT2D eigenvalue weighted by molar-refractivity contribution is 7.80. The van der Waals surface area contributed by atoms with Crippen LogP contribution in [0.3, 0.4) is 0 Å². The Bertz CT molecular complexity index is 809. The molecule has 1 saturated heterocycles. The molecule has 1 aromatic carbocycles. The lowest BCUT2D eigenvalue weighted by Gasteiger charge is -2.34. The number of piperidine rings is 1. The Kier molecular flexibility index (Phi) is 6.22. The van der Waals surface area contributed by atoms with Crippen LogP contribution in [-0.2, 0) is 0 Å². The molecule has 1 aliphatic heterocycles. The third-order valence-corrected chi connectivity index (χ3v) is 7.67. The van der Waals surface area contributed by atoms with Crippen molar-refractivity contribution in [1.29, 1.82) is 0 Å². The minimum atomic E-state index is 0.511. The second-order valence-corrected chi connectivity index (χ2v) is 9.48. The van der Waals surface area contributed by atoms with Crippen molar-refractivity contribution in [3.05, 3.63) is 38.6 Å². The van der Waals surface area contributed by atoms with Crippen LogP contribution in [0, 0.1) is 0 Å². The van der Waals surface area contributed by atoms with Crippen LogP contribution in [0.2, 0.25) is 10.0 Å². The Balaban J connectivity index is 1.35. The highest BCUT2D eigenvalue weighted by atomic mass is 35.5. The molecule has 1 aliphatic carbocycles. The van der Waals surface area contributed by atoms with Gasteiger partial charge in [-0.25, -0.2) is 4.98 Å². The molecule has 0 spiro atoms. The van der Waals surface area contributed by atoms with Crippen LogP contribution in [-0.4, -0.2) is 34.1 Å². The van der Waals surface area contributed by atoms with E-state index in [1.54, 1.807) is 11.3 Å². The standard InChI is InChI=1S/C20H23Cl2N3S2/c21-16-6-5-14(11-17(16)22)18-12-27-19(24-18)13-7-9-25(10-8-13)20(26)23-15-3-1-2-4-15/h5-6,11-13,15H,1-4,7-10H2,(H,23,26). The van der Waals surface area contributed by atoms with Crippen molar-refractivity contribution in [2.75, 3.05) is 13.1 Å². The van der Waals surface area contributed by atoms with Crippen LogP contribution in [0.25, 0.3) is 11.3 Å². The maximum absolute atomic E-state index is 6.15. The fourth-order valence-electron chi connectivity index (χ4n) is 3.93. The van der Waals surface area contributed by atoms with E-state index in [2.05, 4.69) is 15.6 Å². The van der Waals surface area contributed by atoms with Gasteiger partial charge in [0.2, 0.25) is 0 Å². The summed E-state index contributed by atoms with van der Waals surface area (Å²) in [4.78, 5) is 7.21. The first-order chi connectivity index (χ1) is 13.1. The average molecular weight is 440 g/mol. The van der Waals surface area contributed by atoms with Gasteiger partial charge in [-0.15, -0.1) is 11.3 Å². The van der Waals surface area contributed by atoms with E-state index in [0.717, 1.165) is 42.3 Å². The van der Waals surface area contributed by atoms with Crippen LogP contribution in [0.15, 0.2) is 23.6 Å². The van der Waals surface area contributed by atoms with E-state index in [9.17, 15) is 0 Å². The van der Waals surface area contributed by atoms with Crippen LogP contribution >= 0.6 is 46.8 Å². The first-order valence-corrected chi connectivity index (χ1v) is 11.6. The monoisotopic (exact) mass is 439 g/mol. The topological polar surface area (TPSA) is 28.2 Å². The summed E-state index contributed by atoms with van der Waals surface area (Å²) in [6, 6.07) is 6.28. The van der Waals surface area contributed by atoms with Gasteiger partial charge >= 0.3 is 0 Å². The largest absolute Gasteiger partial charge is 0.360 e. The smallest absolute Gasteiger partial charge is 0.169 e. The molecule has 2 aliphatic rings. The van der Waals surface area contributed by atoms with E-state index in [0.29, 0.717) is 22.0 Å². The third kappa shape index (κ3) is 4.58. The molecule has 2 fully saturated rings. The van der Waals surface area contributed by atoms with Crippen LogP contribution in [0.4, 0.5) is 0 Å². The van der Waals surface area contributed by atoms with Gasteiger partial charge in [0, 0.05) is 36.0 Å². The highest BCUT2D eigenvalue weighted by Crippen LogP contribution is 2.34. The molecule has 0 radical (unpaired) electrons. The van der Waals surface area contributed by atoms with E-state index >= 15 is 0 Å². The molecule has 1 N–H and O–H groups in total. The van der Waals surface area contributed by atoms with E-state index in [1.165, 1.54) is 30.7 Å². The van der Waals surface area contributed by atoms with Gasteiger partial charge in [0.05, 0.1) is 20.7 Å². The van der Waals surface area contributed by atoms with Gasteiger partial charge in [0.25, 0.3) is 0 Å². The summed E-state index contributed by atoms with van der Waals surface area (Å²) in [6.45, 7) is 2.01. The molecule has 0 unspecified atom stereocenters. The Morgan fingerprint density at radius 3 is 2.56 bits per heavy atom. The summed E-state index contributed by atoms with van der Waals surface area (Å²) in [6.07, 6.45) is 7.36. The number of thiazole rings is 1. The first-order valence-electron chi connectivity index (χ1n) is 9.56. The van der Waals surface area contributed by atoms with Gasteiger partial charge in [-0.05, 0) is 50.0 Å². The summed E-state index contributed by atoms with van der Waals surface area (Å²) >= 11 is 19.5. The predicted molar refractivity (Wildman–Crippen MR) is 119 cm³/mol. The lowest BCUT2D eigenvalue weighted by molar-refractivity contribution is 0.306. The number of thiocarbonyl (C=S) groups is 1. The quantitative estimate of drug-likeness (QED) is 0.583. The fraction of sp³-hybridized carbons (Fsp3) is 0.500. The maximum atomic E-state index is 6.15. The number of likely N-dealkylation sites (tertiary alicyclic amines) is 1. The van der Waals surface area contributed by atoms with Crippen molar-refractivity contribution in [3.63, 3.8) is 0 Å². The molecule has 7 heteroatoms. The van der Waals surface area contributed by atoms with Gasteiger partial charge in [-0.3, -0.25) is 0 Å². The maximum Gasteiger partial charge on any atom is 0.169 e. The summed E-state index contributed by atoms with van der Waals surface area (Å²) in [7, 11) is 0. The van der Waals surface area contributed by atoms with Crippen LogP contribution < -0.4 is 5.32 Å². The van der Waals surface area contributed by atoms with Crippen molar-refractivity contribution in [2.45, 2.75) is 50.5 Å². The molecule has 0 atom stereocenters. The Labute approximate surface area is 180 Å². The van der Waals surface area contributed by atoms with E-state index < -0.39 is 0 Å². The normalized spacial score (nSPS) is 18.8. The van der Waals surface area contributed by atoms with Crippen LogP contribution in [0.5, 0.6) is 0 Å². The highest BCUT2D eigenvalue weighted by Gasteiger charge is 2.26. The SMILES string of the molecule is S=C(NC1CCCC1)N1CCC(c2nc(-c3ccc(Cl)c(Cl)c3)cs2)CC1. The van der Waals surface area contributed by atoms with Crippen molar-refractivity contribution in [3.8, 4) is 11.3 Å². The van der Waals surface area contributed by atoms with Gasteiger partial charge < -0.3 is 10.2 Å². The Morgan fingerprint density at radius 2 is 1.85 bits per heavy atom. The van der Waals surface area contributed by atoms with Crippen molar-refractivity contribution in [2.24, 2.45) is 0 Å². The zero-order valence-corrected chi connectivity index (χ0v) is 18.2. The van der Waals surface area contributed by atoms with Crippen LogP contribution in [0.1, 0.15) is 49.5 Å². The minimum absolute atomic E-state index is 0.511. The number of halogens is 2. The molecule has 1 aromatic heterocycles. The second-order valence-electron chi connectivity index (χ2n) is 7.39. The molecule has 4 rings (SSSR count). The third-order valence-electron chi connectivity index (χ3n) is 5.55. The number of hydrogen-bond donors (Lipinski definition) is 1. The number of nitrogens with one attached hydrogen (secondary N) is 1. The van der Waals surface area contributed by atoms with Gasteiger partial charge in [-0.2, -0.15) is 0 Å². The lowest BCUT2D eigenvalue weighted by atomic mass is 9.98. The minimum Gasteiger partial charge on any atom is -0.360 e. The molecule has 3 nitrogen and oxygen atoms in total. The molecular formula is C20H23Cl2N3S2. The van der Waals surface area contributed by atoms with Crippen molar-refractivity contribution >= 4 is 51.9 Å². The number of benzene rings is 1. The van der Waals surface area contributed by atoms with Crippen molar-refractivity contribution in [1.82, 2.24) is 15.2 Å². The van der Waals surface area contributed by atoms with Crippen molar-refractivity contribution < 1.29 is 0 Å². The average Bonchev–Trinajstić information content (AvgIpc) is 3.36. The zero-order chi connectivity index (χ0) is 18.8. The molecule has 1 saturated carbocycles. The summed E-state index contributed by atoms with van der Waals surface area (Å²) in [5, 5.41) is 8.98. The molecule has 0 bridgehead atoms. The number of hydrogen-bond acceptors (Lipinski definition) is 3. The van der Waals surface area contributed by atoms with Gasteiger partial charge in [0.1, 0.15) is 0 Å². The van der Waals surface area contributed by atoms with Gasteiger partial charge in [0.15, 0.2) is 5.11 Å². The lowest BCUT2D eigenvalue weighted by Crippen LogP contribution is -2.46. The summed E-state index contributed by atoms with van der Waals surface area (Å²) < 4.78 is 0. The number of aromatic nitrogens is 1. The predicted octanol–water partition coefficient (Wildman–Crippen LogP) is 6.11. The Morgan fingerprint density at radius 1 is 1.11 bits per heavy atom. The van der Waals surface area contributed by atoms with E-state index in [-0.39, 0.29) is 0 Å². The van der Waals surface area contributed by atoms with E-state index in [4.69, 9.17) is 40.4 Å². The zero-order valence-electron chi connectivity index (χ0n) is 15.1. The Hall–Kier alpha value is -0.880. The number of nitrogens with zero attached hydrogens (tertiary/aromatic N) is 2. The fourth-order valence-corrected chi connectivity index (χ4v) is 5.58. The summed E-state index contributed by atoms with van der Waals surface area (Å²) in [5.41, 5.74) is 2.00. The van der Waals surface area contributed by atoms with E-state index in [1.807, 2.05) is 18.2 Å². The summed E-state index contributed by atoms with van der Waals surface area (Å²) in [5.74, 6) is 0.511. The molecular weight excluding hydrogens is 417 g/mol. The van der Waals surface area contributed by atoms with Gasteiger partial charge in [-0.1, -0.05) is 42.1 Å². The molecule has 144 valence electrons. The number of rotatable bonds is 3. The second kappa shape index (κ2) is 8.64. The molecule has 27 heavy (non-hydrogen) atoms. The molecule has 0 amide bonds. The molecule has 2 heterocycles. The molecule has 2 aromatic rings.